The summed E-state index contributed by atoms with van der Waals surface area (Å²) in [5.41, 5.74) is 8.53. The predicted octanol–water partition coefficient (Wildman–Crippen LogP) is 3.79. The highest BCUT2D eigenvalue weighted by molar-refractivity contribution is 9.10. The lowest BCUT2D eigenvalue weighted by Crippen LogP contribution is -2.17. The van der Waals surface area contributed by atoms with E-state index in [1.807, 2.05) is 6.07 Å². The molecular formula is C14H13BrClN3O. The first-order valence-electron chi connectivity index (χ1n) is 5.85. The maximum absolute atomic E-state index is 11.5. The molecule has 6 heteroatoms. The molecule has 0 spiro atoms. The van der Waals surface area contributed by atoms with E-state index in [4.69, 9.17) is 17.3 Å². The molecule has 4 nitrogen and oxygen atoms in total. The third kappa shape index (κ3) is 3.23. The highest BCUT2D eigenvalue weighted by atomic mass is 79.9. The van der Waals surface area contributed by atoms with Crippen LogP contribution in [-0.2, 0) is 0 Å². The number of rotatable bonds is 3. The molecule has 0 unspecified atom stereocenters. The molecule has 0 saturated heterocycles. The molecule has 2 rings (SSSR count). The highest BCUT2D eigenvalue weighted by Gasteiger charge is 2.08. The zero-order valence-electron chi connectivity index (χ0n) is 10.7. The molecule has 0 saturated carbocycles. The van der Waals surface area contributed by atoms with Gasteiger partial charge in [-0.15, -0.1) is 0 Å². The number of carbonyl (C=O) groups is 1. The molecule has 1 amide bonds. The third-order valence-corrected chi connectivity index (χ3v) is 3.63. The number of amides is 1. The van der Waals surface area contributed by atoms with E-state index in [1.165, 1.54) is 0 Å². The van der Waals surface area contributed by atoms with E-state index in [-0.39, 0.29) is 5.91 Å². The molecule has 0 aliphatic carbocycles. The zero-order valence-corrected chi connectivity index (χ0v) is 13.0. The fourth-order valence-electron chi connectivity index (χ4n) is 1.70. The standard InChI is InChI=1S/C14H13BrClN3O/c1-18-14(20)8-2-4-13(11(17)6-8)19-12-5-3-9(16)7-10(12)15/h2-7,19H,17H2,1H3,(H,18,20). The van der Waals surface area contributed by atoms with Crippen LogP contribution in [0.1, 0.15) is 10.4 Å². The lowest BCUT2D eigenvalue weighted by Gasteiger charge is -2.12. The Balaban J connectivity index is 2.28. The van der Waals surface area contributed by atoms with Crippen molar-refractivity contribution >= 4 is 50.5 Å². The van der Waals surface area contributed by atoms with Gasteiger partial charge >= 0.3 is 0 Å². The Kier molecular flexibility index (Phi) is 4.52. The monoisotopic (exact) mass is 353 g/mol. The molecule has 0 atom stereocenters. The van der Waals surface area contributed by atoms with Crippen LogP contribution in [0.2, 0.25) is 5.02 Å². The van der Waals surface area contributed by atoms with Gasteiger partial charge in [0.05, 0.1) is 17.1 Å². The summed E-state index contributed by atoms with van der Waals surface area (Å²) in [5.74, 6) is -0.170. The molecule has 0 fully saturated rings. The van der Waals surface area contributed by atoms with Crippen LogP contribution in [-0.4, -0.2) is 13.0 Å². The molecule has 0 aliphatic rings. The molecule has 4 N–H and O–H groups in total. The summed E-state index contributed by atoms with van der Waals surface area (Å²) in [5, 5.41) is 6.39. The van der Waals surface area contributed by atoms with Gasteiger partial charge in [-0.2, -0.15) is 0 Å². The van der Waals surface area contributed by atoms with Crippen molar-refractivity contribution in [2.24, 2.45) is 0 Å². The summed E-state index contributed by atoms with van der Waals surface area (Å²) in [6, 6.07) is 10.5. The van der Waals surface area contributed by atoms with Crippen LogP contribution in [0.3, 0.4) is 0 Å². The number of benzene rings is 2. The zero-order chi connectivity index (χ0) is 14.7. The Labute approximate surface area is 130 Å². The van der Waals surface area contributed by atoms with E-state index in [1.54, 1.807) is 37.4 Å². The smallest absolute Gasteiger partial charge is 0.251 e. The Morgan fingerprint density at radius 2 is 1.90 bits per heavy atom. The van der Waals surface area contributed by atoms with Crippen molar-refractivity contribution in [2.75, 3.05) is 18.1 Å². The first-order chi connectivity index (χ1) is 9.51. The fourth-order valence-corrected chi connectivity index (χ4v) is 2.48. The molecule has 0 aromatic heterocycles. The van der Waals surface area contributed by atoms with Crippen molar-refractivity contribution in [3.8, 4) is 0 Å². The van der Waals surface area contributed by atoms with Gasteiger partial charge in [0.25, 0.3) is 5.91 Å². The second-order valence-electron chi connectivity index (χ2n) is 4.13. The predicted molar refractivity (Wildman–Crippen MR) is 86.7 cm³/mol. The van der Waals surface area contributed by atoms with Crippen molar-refractivity contribution < 1.29 is 4.79 Å². The van der Waals surface area contributed by atoms with Crippen molar-refractivity contribution in [3.63, 3.8) is 0 Å². The van der Waals surface area contributed by atoms with Crippen molar-refractivity contribution in [2.45, 2.75) is 0 Å². The number of hydrogen-bond acceptors (Lipinski definition) is 3. The number of nitrogen functional groups attached to an aromatic ring is 1. The normalized spacial score (nSPS) is 10.2. The Hall–Kier alpha value is -1.72. The average Bonchev–Trinajstić information content (AvgIpc) is 2.42. The van der Waals surface area contributed by atoms with Gasteiger partial charge in [0.15, 0.2) is 0 Å². The third-order valence-electron chi connectivity index (χ3n) is 2.74. The summed E-state index contributed by atoms with van der Waals surface area (Å²) < 4.78 is 0.833. The molecule has 0 radical (unpaired) electrons. The van der Waals surface area contributed by atoms with Crippen molar-refractivity contribution in [1.82, 2.24) is 5.32 Å². The molecule has 0 heterocycles. The van der Waals surface area contributed by atoms with Gasteiger partial charge in [-0.3, -0.25) is 4.79 Å². The van der Waals surface area contributed by atoms with Gasteiger partial charge in [0, 0.05) is 22.1 Å². The molecular weight excluding hydrogens is 342 g/mol. The lowest BCUT2D eigenvalue weighted by atomic mass is 10.1. The van der Waals surface area contributed by atoms with Crippen LogP contribution >= 0.6 is 27.5 Å². The van der Waals surface area contributed by atoms with Crippen LogP contribution in [0.15, 0.2) is 40.9 Å². The summed E-state index contributed by atoms with van der Waals surface area (Å²) in [6.07, 6.45) is 0. The highest BCUT2D eigenvalue weighted by Crippen LogP contribution is 2.31. The van der Waals surface area contributed by atoms with Gasteiger partial charge in [-0.1, -0.05) is 11.6 Å². The Morgan fingerprint density at radius 1 is 1.20 bits per heavy atom. The van der Waals surface area contributed by atoms with E-state index < -0.39 is 0 Å². The quantitative estimate of drug-likeness (QED) is 0.735. The minimum absolute atomic E-state index is 0.170. The average molecular weight is 355 g/mol. The minimum Gasteiger partial charge on any atom is -0.397 e. The second-order valence-corrected chi connectivity index (χ2v) is 5.42. The molecule has 0 aliphatic heterocycles. The Bertz CT molecular complexity index is 661. The van der Waals surface area contributed by atoms with Gasteiger partial charge in [0.1, 0.15) is 0 Å². The molecule has 104 valence electrons. The van der Waals surface area contributed by atoms with Gasteiger partial charge in [-0.05, 0) is 52.3 Å². The summed E-state index contributed by atoms with van der Waals surface area (Å²) in [6.45, 7) is 0. The van der Waals surface area contributed by atoms with Crippen LogP contribution in [0.25, 0.3) is 0 Å². The minimum atomic E-state index is -0.170. The Morgan fingerprint density at radius 3 is 2.50 bits per heavy atom. The number of hydrogen-bond donors (Lipinski definition) is 3. The first kappa shape index (κ1) is 14.7. The maximum Gasteiger partial charge on any atom is 0.251 e. The number of nitrogens with one attached hydrogen (secondary N) is 2. The van der Waals surface area contributed by atoms with E-state index in [9.17, 15) is 4.79 Å². The lowest BCUT2D eigenvalue weighted by molar-refractivity contribution is 0.0963. The van der Waals surface area contributed by atoms with Crippen LogP contribution < -0.4 is 16.4 Å². The van der Waals surface area contributed by atoms with Crippen LogP contribution in [0, 0.1) is 0 Å². The maximum atomic E-state index is 11.5. The fraction of sp³-hybridized carbons (Fsp3) is 0.0714. The van der Waals surface area contributed by atoms with Crippen LogP contribution in [0.4, 0.5) is 17.1 Å². The number of nitrogens with two attached hydrogens (primary N) is 1. The van der Waals surface area contributed by atoms with E-state index >= 15 is 0 Å². The summed E-state index contributed by atoms with van der Waals surface area (Å²) in [4.78, 5) is 11.5. The van der Waals surface area contributed by atoms with Gasteiger partial charge in [-0.25, -0.2) is 0 Å². The molecule has 2 aromatic carbocycles. The summed E-state index contributed by atoms with van der Waals surface area (Å²) >= 11 is 9.32. The van der Waals surface area contributed by atoms with Gasteiger partial charge < -0.3 is 16.4 Å². The topological polar surface area (TPSA) is 67.2 Å². The number of halogens is 2. The van der Waals surface area contributed by atoms with Gasteiger partial charge in [0.2, 0.25) is 0 Å². The molecule has 20 heavy (non-hydrogen) atoms. The summed E-state index contributed by atoms with van der Waals surface area (Å²) in [7, 11) is 1.58. The van der Waals surface area contributed by atoms with E-state index in [0.717, 1.165) is 15.8 Å². The van der Waals surface area contributed by atoms with Crippen molar-refractivity contribution in [1.29, 1.82) is 0 Å². The molecule has 0 bridgehead atoms. The largest absolute Gasteiger partial charge is 0.397 e. The van der Waals surface area contributed by atoms with Crippen LogP contribution in [0.5, 0.6) is 0 Å². The SMILES string of the molecule is CNC(=O)c1ccc(Nc2ccc(Cl)cc2Br)c(N)c1. The van der Waals surface area contributed by atoms with E-state index in [2.05, 4.69) is 26.6 Å². The second kappa shape index (κ2) is 6.15. The first-order valence-corrected chi connectivity index (χ1v) is 7.02. The van der Waals surface area contributed by atoms with E-state index in [0.29, 0.717) is 16.3 Å². The number of carbonyl (C=O) groups excluding carboxylic acids is 1. The van der Waals surface area contributed by atoms with Crippen molar-refractivity contribution in [3.05, 3.63) is 51.5 Å². The number of anilines is 3. The molecule has 2 aromatic rings.